The summed E-state index contributed by atoms with van der Waals surface area (Å²) in [6, 6.07) is 1.90. The summed E-state index contributed by atoms with van der Waals surface area (Å²) >= 11 is 8.50. The minimum atomic E-state index is -4.05. The van der Waals surface area contributed by atoms with Crippen LogP contribution in [0.1, 0.15) is 0 Å². The molecule has 0 aliphatic heterocycles. The fourth-order valence-corrected chi connectivity index (χ4v) is 1.88. The standard InChI is InChI=1S/C6H4BrClFNO2S/c7-3-1-5(9)6(2-4(3)8)13(10,11)12/h1-2H,(H2,10,11,12). The molecule has 0 saturated heterocycles. The Bertz CT molecular complexity index is 448. The zero-order valence-electron chi connectivity index (χ0n) is 6.09. The summed E-state index contributed by atoms with van der Waals surface area (Å²) < 4.78 is 34.8. The zero-order valence-corrected chi connectivity index (χ0v) is 9.25. The van der Waals surface area contributed by atoms with Crippen molar-refractivity contribution in [1.29, 1.82) is 0 Å². The third-order valence-corrected chi connectivity index (χ3v) is 3.40. The van der Waals surface area contributed by atoms with Crippen LogP contribution in [-0.4, -0.2) is 8.42 Å². The van der Waals surface area contributed by atoms with E-state index in [1.165, 1.54) is 0 Å². The van der Waals surface area contributed by atoms with Crippen LogP contribution in [0.4, 0.5) is 4.39 Å². The van der Waals surface area contributed by atoms with Crippen molar-refractivity contribution in [2.45, 2.75) is 4.90 Å². The van der Waals surface area contributed by atoms with E-state index in [9.17, 15) is 12.8 Å². The van der Waals surface area contributed by atoms with Crippen molar-refractivity contribution in [3.8, 4) is 0 Å². The SMILES string of the molecule is NS(=O)(=O)c1cc(Cl)c(Br)cc1F. The first-order valence-electron chi connectivity index (χ1n) is 2.99. The van der Waals surface area contributed by atoms with E-state index < -0.39 is 20.7 Å². The van der Waals surface area contributed by atoms with Gasteiger partial charge in [0, 0.05) is 4.47 Å². The van der Waals surface area contributed by atoms with Gasteiger partial charge in [0.25, 0.3) is 0 Å². The van der Waals surface area contributed by atoms with Crippen LogP contribution >= 0.6 is 27.5 Å². The minimum absolute atomic E-state index is 0.0884. The van der Waals surface area contributed by atoms with Gasteiger partial charge in [-0.05, 0) is 28.1 Å². The molecular weight excluding hydrogens is 284 g/mol. The van der Waals surface area contributed by atoms with Crippen molar-refractivity contribution in [2.75, 3.05) is 0 Å². The lowest BCUT2D eigenvalue weighted by atomic mass is 10.3. The molecular formula is C6H4BrClFNO2S. The first-order chi connectivity index (χ1) is 5.82. The van der Waals surface area contributed by atoms with Gasteiger partial charge >= 0.3 is 0 Å². The van der Waals surface area contributed by atoms with Gasteiger partial charge in [-0.15, -0.1) is 0 Å². The normalized spacial score (nSPS) is 11.7. The van der Waals surface area contributed by atoms with Gasteiger partial charge in [0.15, 0.2) is 0 Å². The molecule has 0 aliphatic carbocycles. The molecule has 1 aromatic carbocycles. The maximum absolute atomic E-state index is 13.0. The highest BCUT2D eigenvalue weighted by Gasteiger charge is 2.16. The predicted molar refractivity (Wildman–Crippen MR) is 50.5 cm³/mol. The number of nitrogens with two attached hydrogens (primary N) is 1. The van der Waals surface area contributed by atoms with Crippen molar-refractivity contribution in [3.63, 3.8) is 0 Å². The largest absolute Gasteiger partial charge is 0.241 e. The first kappa shape index (κ1) is 10.9. The summed E-state index contributed by atoms with van der Waals surface area (Å²) in [6.07, 6.45) is 0. The molecule has 0 aromatic heterocycles. The summed E-state index contributed by atoms with van der Waals surface area (Å²) in [5.41, 5.74) is 0. The van der Waals surface area contributed by atoms with Crippen LogP contribution in [0.5, 0.6) is 0 Å². The Balaban J connectivity index is 3.50. The Morgan fingerprint density at radius 3 is 2.46 bits per heavy atom. The molecule has 0 atom stereocenters. The van der Waals surface area contributed by atoms with Crippen LogP contribution in [0.3, 0.4) is 0 Å². The second kappa shape index (κ2) is 3.53. The van der Waals surface area contributed by atoms with Gasteiger partial charge in [-0.3, -0.25) is 0 Å². The molecule has 1 aromatic rings. The van der Waals surface area contributed by atoms with Crippen molar-refractivity contribution < 1.29 is 12.8 Å². The molecule has 0 bridgehead atoms. The molecule has 2 N–H and O–H groups in total. The molecule has 0 aliphatic rings. The molecule has 3 nitrogen and oxygen atoms in total. The summed E-state index contributed by atoms with van der Waals surface area (Å²) in [5.74, 6) is -0.932. The van der Waals surface area contributed by atoms with Gasteiger partial charge in [0.1, 0.15) is 10.7 Å². The van der Waals surface area contributed by atoms with Gasteiger partial charge in [0.05, 0.1) is 5.02 Å². The van der Waals surface area contributed by atoms with E-state index in [1.807, 2.05) is 0 Å². The lowest BCUT2D eigenvalue weighted by Gasteiger charge is -2.02. The van der Waals surface area contributed by atoms with E-state index in [1.54, 1.807) is 0 Å². The van der Waals surface area contributed by atoms with Gasteiger partial charge in [-0.25, -0.2) is 17.9 Å². The van der Waals surface area contributed by atoms with Crippen LogP contribution in [0, 0.1) is 5.82 Å². The molecule has 13 heavy (non-hydrogen) atoms. The highest BCUT2D eigenvalue weighted by Crippen LogP contribution is 2.27. The smallest absolute Gasteiger partial charge is 0.225 e. The number of primary sulfonamides is 1. The fourth-order valence-electron chi connectivity index (χ4n) is 0.722. The molecule has 0 amide bonds. The monoisotopic (exact) mass is 287 g/mol. The molecule has 0 saturated carbocycles. The fraction of sp³-hybridized carbons (Fsp3) is 0. The summed E-state index contributed by atoms with van der Waals surface area (Å²) in [5, 5.41) is 4.82. The number of sulfonamides is 1. The van der Waals surface area contributed by atoms with Gasteiger partial charge < -0.3 is 0 Å². The van der Waals surface area contributed by atoms with E-state index in [2.05, 4.69) is 15.9 Å². The van der Waals surface area contributed by atoms with Crippen LogP contribution in [0.15, 0.2) is 21.5 Å². The number of rotatable bonds is 1. The Morgan fingerprint density at radius 2 is 2.00 bits per heavy atom. The summed E-state index contributed by atoms with van der Waals surface area (Å²) in [6.45, 7) is 0. The molecule has 0 spiro atoms. The predicted octanol–water partition coefficient (Wildman–Crippen LogP) is 1.89. The van der Waals surface area contributed by atoms with Crippen LogP contribution < -0.4 is 5.14 Å². The molecule has 1 rings (SSSR count). The number of benzene rings is 1. The van der Waals surface area contributed by atoms with Gasteiger partial charge in [-0.2, -0.15) is 0 Å². The lowest BCUT2D eigenvalue weighted by molar-refractivity contribution is 0.567. The quantitative estimate of drug-likeness (QED) is 0.802. The average Bonchev–Trinajstić information content (AvgIpc) is 1.94. The first-order valence-corrected chi connectivity index (χ1v) is 5.71. The summed E-state index contributed by atoms with van der Waals surface area (Å²) in [4.78, 5) is -0.610. The zero-order chi connectivity index (χ0) is 10.2. The van der Waals surface area contributed by atoms with Crippen molar-refractivity contribution in [1.82, 2.24) is 0 Å². The molecule has 72 valence electrons. The van der Waals surface area contributed by atoms with E-state index in [0.717, 1.165) is 12.1 Å². The molecule has 0 radical (unpaired) electrons. The Hall–Kier alpha value is -0.170. The number of halogens is 3. The Kier molecular flexibility index (Phi) is 2.96. The molecule has 0 heterocycles. The van der Waals surface area contributed by atoms with E-state index in [-0.39, 0.29) is 9.50 Å². The van der Waals surface area contributed by atoms with E-state index in [0.29, 0.717) is 0 Å². The third kappa shape index (κ3) is 2.40. The highest BCUT2D eigenvalue weighted by molar-refractivity contribution is 9.10. The Labute approximate surface area is 87.9 Å². The van der Waals surface area contributed by atoms with Crippen LogP contribution in [0.2, 0.25) is 5.02 Å². The number of hydrogen-bond acceptors (Lipinski definition) is 2. The second-order valence-corrected chi connectivity index (χ2v) is 5.03. The molecule has 0 fully saturated rings. The van der Waals surface area contributed by atoms with Gasteiger partial charge in [-0.1, -0.05) is 11.6 Å². The third-order valence-electron chi connectivity index (χ3n) is 1.28. The lowest BCUT2D eigenvalue weighted by Crippen LogP contribution is -2.14. The maximum atomic E-state index is 13.0. The van der Waals surface area contributed by atoms with Crippen LogP contribution in [0.25, 0.3) is 0 Å². The Morgan fingerprint density at radius 1 is 1.46 bits per heavy atom. The maximum Gasteiger partial charge on any atom is 0.241 e. The van der Waals surface area contributed by atoms with E-state index >= 15 is 0 Å². The molecule has 0 unspecified atom stereocenters. The average molecular weight is 289 g/mol. The molecule has 7 heteroatoms. The highest BCUT2D eigenvalue weighted by atomic mass is 79.9. The van der Waals surface area contributed by atoms with E-state index in [4.69, 9.17) is 16.7 Å². The second-order valence-electron chi connectivity index (χ2n) is 2.24. The topological polar surface area (TPSA) is 60.2 Å². The van der Waals surface area contributed by atoms with Gasteiger partial charge in [0.2, 0.25) is 10.0 Å². The number of hydrogen-bond donors (Lipinski definition) is 1. The van der Waals surface area contributed by atoms with Crippen molar-refractivity contribution >= 4 is 37.6 Å². The van der Waals surface area contributed by atoms with Crippen LogP contribution in [-0.2, 0) is 10.0 Å². The summed E-state index contributed by atoms with van der Waals surface area (Å²) in [7, 11) is -4.05. The van der Waals surface area contributed by atoms with Crippen molar-refractivity contribution in [2.24, 2.45) is 5.14 Å². The minimum Gasteiger partial charge on any atom is -0.225 e. The van der Waals surface area contributed by atoms with Crippen molar-refractivity contribution in [3.05, 3.63) is 27.4 Å².